The molecule has 0 radical (unpaired) electrons. The number of ether oxygens (including phenoxy) is 1. The molecule has 0 spiro atoms. The van der Waals surface area contributed by atoms with E-state index in [9.17, 15) is 0 Å². The molecule has 0 saturated carbocycles. The van der Waals surface area contributed by atoms with E-state index in [1.54, 1.807) is 0 Å². The quantitative estimate of drug-likeness (QED) is 0.636. The van der Waals surface area contributed by atoms with Crippen LogP contribution in [-0.2, 0) is 4.74 Å². The Morgan fingerprint density at radius 1 is 1.33 bits per heavy atom. The van der Waals surface area contributed by atoms with E-state index in [1.807, 2.05) is 0 Å². The molecule has 1 aromatic carbocycles. The number of fused-ring (bicyclic) bond motifs is 2. The number of benzene rings is 1. The third kappa shape index (κ3) is 1.87. The van der Waals surface area contributed by atoms with Crippen LogP contribution in [-0.4, -0.2) is 12.2 Å². The fourth-order valence-corrected chi connectivity index (χ4v) is 3.58. The number of nitrogens with one attached hydrogen (secondary N) is 1. The van der Waals surface area contributed by atoms with Crippen LogP contribution in [0.1, 0.15) is 42.0 Å². The van der Waals surface area contributed by atoms with Crippen LogP contribution in [0.2, 0.25) is 0 Å². The SMILES string of the molecule is Cc1cccc(C(NN)C2CC3CCC2O3)c1C. The summed E-state index contributed by atoms with van der Waals surface area (Å²) in [5.74, 6) is 6.35. The van der Waals surface area contributed by atoms with Gasteiger partial charge in [0.1, 0.15) is 0 Å². The standard InChI is InChI=1S/C15H22N2O/c1-9-4-3-5-12(10(9)2)15(17-16)13-8-11-6-7-14(13)18-11/h3-5,11,13-15,17H,6-8,16H2,1-2H3. The number of nitrogens with two attached hydrogens (primary N) is 1. The van der Waals surface area contributed by atoms with E-state index in [2.05, 4.69) is 37.5 Å². The highest BCUT2D eigenvalue weighted by molar-refractivity contribution is 5.36. The molecule has 2 fully saturated rings. The van der Waals surface area contributed by atoms with Crippen molar-refractivity contribution in [2.24, 2.45) is 11.8 Å². The van der Waals surface area contributed by atoms with Crippen LogP contribution >= 0.6 is 0 Å². The Balaban J connectivity index is 1.90. The summed E-state index contributed by atoms with van der Waals surface area (Å²) in [5.41, 5.74) is 7.05. The van der Waals surface area contributed by atoms with Crippen molar-refractivity contribution in [1.29, 1.82) is 0 Å². The Bertz CT molecular complexity index is 446. The molecule has 4 atom stereocenters. The highest BCUT2D eigenvalue weighted by Gasteiger charge is 2.44. The third-order valence-corrected chi connectivity index (χ3v) is 4.74. The molecule has 18 heavy (non-hydrogen) atoms. The molecular formula is C15H22N2O. The van der Waals surface area contributed by atoms with Crippen molar-refractivity contribution >= 4 is 0 Å². The fourth-order valence-electron chi connectivity index (χ4n) is 3.58. The van der Waals surface area contributed by atoms with Crippen molar-refractivity contribution < 1.29 is 4.74 Å². The van der Waals surface area contributed by atoms with E-state index in [-0.39, 0.29) is 6.04 Å². The van der Waals surface area contributed by atoms with Gasteiger partial charge in [-0.25, -0.2) is 0 Å². The summed E-state index contributed by atoms with van der Waals surface area (Å²) in [6.45, 7) is 4.34. The number of hydrazine groups is 1. The zero-order valence-corrected chi connectivity index (χ0v) is 11.1. The second kappa shape index (κ2) is 4.65. The molecule has 0 amide bonds. The van der Waals surface area contributed by atoms with Gasteiger partial charge in [-0.05, 0) is 49.8 Å². The Morgan fingerprint density at radius 3 is 2.78 bits per heavy atom. The van der Waals surface area contributed by atoms with Crippen LogP contribution in [0.15, 0.2) is 18.2 Å². The second-order valence-electron chi connectivity index (χ2n) is 5.71. The van der Waals surface area contributed by atoms with Gasteiger partial charge in [-0.1, -0.05) is 18.2 Å². The van der Waals surface area contributed by atoms with Gasteiger partial charge in [-0.2, -0.15) is 0 Å². The summed E-state index contributed by atoms with van der Waals surface area (Å²) < 4.78 is 5.96. The Hall–Kier alpha value is -0.900. The van der Waals surface area contributed by atoms with Crippen LogP contribution in [0.5, 0.6) is 0 Å². The van der Waals surface area contributed by atoms with Crippen molar-refractivity contribution in [3.63, 3.8) is 0 Å². The van der Waals surface area contributed by atoms with Crippen molar-refractivity contribution in [3.05, 3.63) is 34.9 Å². The summed E-state index contributed by atoms with van der Waals surface area (Å²) in [4.78, 5) is 0. The largest absolute Gasteiger partial charge is 0.375 e. The van der Waals surface area contributed by atoms with Crippen LogP contribution in [0.4, 0.5) is 0 Å². The molecule has 98 valence electrons. The van der Waals surface area contributed by atoms with Gasteiger partial charge in [0.05, 0.1) is 18.2 Å². The molecular weight excluding hydrogens is 224 g/mol. The monoisotopic (exact) mass is 246 g/mol. The second-order valence-corrected chi connectivity index (χ2v) is 5.71. The molecule has 3 rings (SSSR count). The smallest absolute Gasteiger partial charge is 0.0627 e. The van der Waals surface area contributed by atoms with Crippen molar-refractivity contribution in [2.75, 3.05) is 0 Å². The van der Waals surface area contributed by atoms with Crippen LogP contribution in [0.3, 0.4) is 0 Å². The van der Waals surface area contributed by atoms with Crippen molar-refractivity contribution in [2.45, 2.75) is 51.4 Å². The molecule has 1 aromatic rings. The van der Waals surface area contributed by atoms with E-state index in [0.717, 1.165) is 6.42 Å². The molecule has 3 heteroatoms. The van der Waals surface area contributed by atoms with Crippen molar-refractivity contribution in [3.8, 4) is 0 Å². The average molecular weight is 246 g/mol. The first-order valence-electron chi connectivity index (χ1n) is 6.88. The highest BCUT2D eigenvalue weighted by Crippen LogP contribution is 2.45. The first-order valence-corrected chi connectivity index (χ1v) is 6.88. The molecule has 2 saturated heterocycles. The summed E-state index contributed by atoms with van der Waals surface area (Å²) in [6.07, 6.45) is 4.44. The first kappa shape index (κ1) is 12.2. The van der Waals surface area contributed by atoms with E-state index in [0.29, 0.717) is 18.1 Å². The van der Waals surface area contributed by atoms with Gasteiger partial charge < -0.3 is 4.74 Å². The van der Waals surface area contributed by atoms with E-state index in [4.69, 9.17) is 10.6 Å². The lowest BCUT2D eigenvalue weighted by molar-refractivity contribution is 0.0856. The van der Waals surface area contributed by atoms with Gasteiger partial charge in [-0.15, -0.1) is 0 Å². The molecule has 2 aliphatic heterocycles. The third-order valence-electron chi connectivity index (χ3n) is 4.74. The molecule has 2 aliphatic rings. The van der Waals surface area contributed by atoms with Gasteiger partial charge >= 0.3 is 0 Å². The highest BCUT2D eigenvalue weighted by atomic mass is 16.5. The van der Waals surface area contributed by atoms with Gasteiger partial charge in [0.2, 0.25) is 0 Å². The molecule has 4 unspecified atom stereocenters. The first-order chi connectivity index (χ1) is 8.70. The predicted molar refractivity (Wildman–Crippen MR) is 72.0 cm³/mol. The Morgan fingerprint density at radius 2 is 2.17 bits per heavy atom. The van der Waals surface area contributed by atoms with Gasteiger partial charge in [0, 0.05) is 5.92 Å². The number of hydrogen-bond acceptors (Lipinski definition) is 3. The Kier molecular flexibility index (Phi) is 3.14. The maximum absolute atomic E-state index is 5.96. The minimum absolute atomic E-state index is 0.222. The number of hydrogen-bond donors (Lipinski definition) is 2. The predicted octanol–water partition coefficient (Wildman–Crippen LogP) is 2.38. The zero-order chi connectivity index (χ0) is 12.7. The van der Waals surface area contributed by atoms with Crippen molar-refractivity contribution in [1.82, 2.24) is 5.43 Å². The van der Waals surface area contributed by atoms with Gasteiger partial charge in [-0.3, -0.25) is 11.3 Å². The van der Waals surface area contributed by atoms with E-state index >= 15 is 0 Å². The molecule has 0 aliphatic carbocycles. The molecule has 3 nitrogen and oxygen atoms in total. The summed E-state index contributed by atoms with van der Waals surface area (Å²) >= 11 is 0. The lowest BCUT2D eigenvalue weighted by Crippen LogP contribution is -2.38. The van der Waals surface area contributed by atoms with Crippen LogP contribution < -0.4 is 11.3 Å². The fraction of sp³-hybridized carbons (Fsp3) is 0.600. The molecule has 0 aromatic heterocycles. The minimum Gasteiger partial charge on any atom is -0.375 e. The van der Waals surface area contributed by atoms with Crippen LogP contribution in [0, 0.1) is 19.8 Å². The van der Waals surface area contributed by atoms with Gasteiger partial charge in [0.15, 0.2) is 0 Å². The summed E-state index contributed by atoms with van der Waals surface area (Å²) in [6, 6.07) is 6.69. The maximum atomic E-state index is 5.96. The van der Waals surface area contributed by atoms with E-state index in [1.165, 1.54) is 29.5 Å². The number of rotatable bonds is 3. The molecule has 3 N–H and O–H groups in total. The van der Waals surface area contributed by atoms with Crippen LogP contribution in [0.25, 0.3) is 0 Å². The zero-order valence-electron chi connectivity index (χ0n) is 11.1. The average Bonchev–Trinajstić information content (AvgIpc) is 2.98. The van der Waals surface area contributed by atoms with Gasteiger partial charge in [0.25, 0.3) is 0 Å². The summed E-state index contributed by atoms with van der Waals surface area (Å²) in [5, 5.41) is 0. The lowest BCUT2D eigenvalue weighted by Gasteiger charge is -2.29. The maximum Gasteiger partial charge on any atom is 0.0627 e. The number of aryl methyl sites for hydroxylation is 1. The summed E-state index contributed by atoms with van der Waals surface area (Å²) in [7, 11) is 0. The van der Waals surface area contributed by atoms with E-state index < -0.39 is 0 Å². The Labute approximate surface area is 109 Å². The molecule has 2 heterocycles. The topological polar surface area (TPSA) is 47.3 Å². The lowest BCUT2D eigenvalue weighted by atomic mass is 9.80. The molecule has 2 bridgehead atoms. The minimum atomic E-state index is 0.222. The normalized spacial score (nSPS) is 31.8.